The molecule has 1 aliphatic rings. The second kappa shape index (κ2) is 6.40. The summed E-state index contributed by atoms with van der Waals surface area (Å²) in [5.74, 6) is 0.611. The van der Waals surface area contributed by atoms with Crippen LogP contribution in [0, 0.1) is 6.92 Å². The molecule has 0 aliphatic carbocycles. The van der Waals surface area contributed by atoms with Crippen molar-refractivity contribution < 1.29 is 9.21 Å². The van der Waals surface area contributed by atoms with Crippen molar-refractivity contribution >= 4 is 11.6 Å². The molecule has 1 amide bonds. The van der Waals surface area contributed by atoms with Gasteiger partial charge in [-0.2, -0.15) is 5.10 Å². The number of nitrogens with zero attached hydrogens (tertiary/aromatic N) is 2. The average molecular weight is 330 g/mol. The Labute approximate surface area is 146 Å². The van der Waals surface area contributed by atoms with E-state index in [1.807, 2.05) is 73.7 Å². The minimum Gasteiger partial charge on any atom is -0.463 e. The third-order valence-corrected chi connectivity index (χ3v) is 4.37. The van der Waals surface area contributed by atoms with Gasteiger partial charge in [-0.25, -0.2) is 5.01 Å². The molecule has 0 fully saturated rings. The van der Waals surface area contributed by atoms with Crippen LogP contribution in [0.2, 0.25) is 0 Å². The highest BCUT2D eigenvalue weighted by atomic mass is 16.3. The van der Waals surface area contributed by atoms with Gasteiger partial charge in [-0.3, -0.25) is 4.79 Å². The highest BCUT2D eigenvalue weighted by molar-refractivity contribution is 6.03. The molecule has 2 heterocycles. The molecule has 1 atom stereocenters. The molecule has 3 aromatic rings. The van der Waals surface area contributed by atoms with Crippen LogP contribution in [0.5, 0.6) is 0 Å². The molecule has 25 heavy (non-hydrogen) atoms. The second-order valence-electron chi connectivity index (χ2n) is 6.17. The first-order valence-corrected chi connectivity index (χ1v) is 8.29. The van der Waals surface area contributed by atoms with E-state index in [4.69, 9.17) is 4.42 Å². The summed E-state index contributed by atoms with van der Waals surface area (Å²) in [6, 6.07) is 21.2. The van der Waals surface area contributed by atoms with Crippen LogP contribution in [-0.4, -0.2) is 16.6 Å². The second-order valence-corrected chi connectivity index (χ2v) is 6.17. The topological polar surface area (TPSA) is 45.8 Å². The molecular formula is C21H18N2O2. The van der Waals surface area contributed by atoms with Crippen molar-refractivity contribution in [3.63, 3.8) is 0 Å². The van der Waals surface area contributed by atoms with Crippen LogP contribution in [0.1, 0.15) is 39.7 Å². The van der Waals surface area contributed by atoms with Gasteiger partial charge in [-0.1, -0.05) is 48.0 Å². The number of amides is 1. The summed E-state index contributed by atoms with van der Waals surface area (Å²) >= 11 is 0. The number of carbonyl (C=O) groups excluding carboxylic acids is 1. The third-order valence-electron chi connectivity index (χ3n) is 4.37. The van der Waals surface area contributed by atoms with Gasteiger partial charge in [0.25, 0.3) is 5.91 Å². The Morgan fingerprint density at radius 2 is 1.92 bits per heavy atom. The fraction of sp³-hybridized carbons (Fsp3) is 0.143. The predicted octanol–water partition coefficient (Wildman–Crippen LogP) is 4.58. The Morgan fingerprint density at radius 1 is 1.08 bits per heavy atom. The van der Waals surface area contributed by atoms with Crippen LogP contribution in [0.15, 0.2) is 82.5 Å². The van der Waals surface area contributed by atoms with Crippen molar-refractivity contribution in [1.82, 2.24) is 5.01 Å². The molecule has 0 unspecified atom stereocenters. The van der Waals surface area contributed by atoms with Crippen LogP contribution in [0.4, 0.5) is 0 Å². The van der Waals surface area contributed by atoms with E-state index in [1.54, 1.807) is 11.3 Å². The van der Waals surface area contributed by atoms with Gasteiger partial charge in [-0.15, -0.1) is 0 Å². The lowest BCUT2D eigenvalue weighted by atomic mass is 10.0. The Kier molecular flexibility index (Phi) is 3.94. The maximum absolute atomic E-state index is 13.1. The van der Waals surface area contributed by atoms with Crippen LogP contribution in [0.3, 0.4) is 0 Å². The first kappa shape index (κ1) is 15.4. The van der Waals surface area contributed by atoms with Gasteiger partial charge < -0.3 is 4.42 Å². The van der Waals surface area contributed by atoms with E-state index in [1.165, 1.54) is 0 Å². The van der Waals surface area contributed by atoms with E-state index >= 15 is 0 Å². The van der Waals surface area contributed by atoms with Gasteiger partial charge in [0.15, 0.2) is 0 Å². The number of hydrogen-bond donors (Lipinski definition) is 0. The van der Waals surface area contributed by atoms with Gasteiger partial charge in [0, 0.05) is 12.0 Å². The highest BCUT2D eigenvalue weighted by Gasteiger charge is 2.34. The lowest BCUT2D eigenvalue weighted by molar-refractivity contribution is 0.0711. The van der Waals surface area contributed by atoms with Crippen molar-refractivity contribution in [2.24, 2.45) is 5.10 Å². The summed E-state index contributed by atoms with van der Waals surface area (Å²) in [7, 11) is 0. The Bertz CT molecular complexity index is 914. The minimum atomic E-state index is -0.130. The zero-order chi connectivity index (χ0) is 17.2. The van der Waals surface area contributed by atoms with Crippen molar-refractivity contribution in [3.8, 4) is 0 Å². The van der Waals surface area contributed by atoms with Crippen LogP contribution in [0.25, 0.3) is 0 Å². The quantitative estimate of drug-likeness (QED) is 0.705. The number of hydrazone groups is 1. The SMILES string of the molecule is Cc1cccc(C(=O)N2N=C(c3ccco3)C[C@@H]2c2ccccc2)c1. The predicted molar refractivity (Wildman–Crippen MR) is 96.4 cm³/mol. The maximum atomic E-state index is 13.1. The minimum absolute atomic E-state index is 0.0980. The van der Waals surface area contributed by atoms with E-state index in [2.05, 4.69) is 5.10 Å². The lowest BCUT2D eigenvalue weighted by Crippen LogP contribution is -2.27. The van der Waals surface area contributed by atoms with Gasteiger partial charge in [0.2, 0.25) is 0 Å². The summed E-state index contributed by atoms with van der Waals surface area (Å²) in [5, 5.41) is 6.19. The summed E-state index contributed by atoms with van der Waals surface area (Å²) in [4.78, 5) is 13.1. The smallest absolute Gasteiger partial charge is 0.274 e. The van der Waals surface area contributed by atoms with Gasteiger partial charge >= 0.3 is 0 Å². The van der Waals surface area contributed by atoms with Gasteiger partial charge in [-0.05, 0) is 36.8 Å². The molecule has 0 radical (unpaired) electrons. The van der Waals surface area contributed by atoms with Crippen LogP contribution < -0.4 is 0 Å². The fourth-order valence-corrected chi connectivity index (χ4v) is 3.13. The standard InChI is InChI=1S/C21H18N2O2/c1-15-7-5-10-17(13-15)21(24)23-19(16-8-3-2-4-9-16)14-18(22-23)20-11-6-12-25-20/h2-13,19H,14H2,1H3/t19-/m1/s1. The zero-order valence-electron chi connectivity index (χ0n) is 13.9. The van der Waals surface area contributed by atoms with Gasteiger partial charge in [0.05, 0.1) is 12.3 Å². The van der Waals surface area contributed by atoms with Crippen molar-refractivity contribution in [2.45, 2.75) is 19.4 Å². The number of aryl methyl sites for hydroxylation is 1. The van der Waals surface area contributed by atoms with Crippen LogP contribution in [-0.2, 0) is 0 Å². The molecular weight excluding hydrogens is 312 g/mol. The first-order chi connectivity index (χ1) is 12.2. The molecule has 0 N–H and O–H groups in total. The van der Waals surface area contributed by atoms with E-state index < -0.39 is 0 Å². The monoisotopic (exact) mass is 330 g/mol. The molecule has 4 rings (SSSR count). The lowest BCUT2D eigenvalue weighted by Gasteiger charge is -2.22. The van der Waals surface area contributed by atoms with E-state index in [0.717, 1.165) is 16.8 Å². The zero-order valence-corrected chi connectivity index (χ0v) is 13.9. The molecule has 1 aliphatic heterocycles. The molecule has 4 nitrogen and oxygen atoms in total. The van der Waals surface area contributed by atoms with E-state index in [9.17, 15) is 4.79 Å². The van der Waals surface area contributed by atoms with E-state index in [0.29, 0.717) is 17.7 Å². The molecule has 124 valence electrons. The molecule has 0 bridgehead atoms. The number of furan rings is 1. The van der Waals surface area contributed by atoms with Crippen molar-refractivity contribution in [3.05, 3.63) is 95.4 Å². The van der Waals surface area contributed by atoms with E-state index in [-0.39, 0.29) is 11.9 Å². The number of benzene rings is 2. The Morgan fingerprint density at radius 3 is 2.64 bits per heavy atom. The molecule has 0 saturated carbocycles. The Hall–Kier alpha value is -3.14. The third kappa shape index (κ3) is 2.98. The summed E-state index contributed by atoms with van der Waals surface area (Å²) in [6.45, 7) is 1.98. The largest absolute Gasteiger partial charge is 0.463 e. The normalized spacial score (nSPS) is 16.8. The van der Waals surface area contributed by atoms with Crippen molar-refractivity contribution in [2.75, 3.05) is 0 Å². The molecule has 1 aromatic heterocycles. The summed E-state index contributed by atoms with van der Waals surface area (Å²) in [6.07, 6.45) is 2.26. The number of rotatable bonds is 3. The number of carbonyl (C=O) groups is 1. The Balaban J connectivity index is 1.73. The molecule has 4 heteroatoms. The first-order valence-electron chi connectivity index (χ1n) is 8.29. The average Bonchev–Trinajstić information content (AvgIpc) is 3.31. The van der Waals surface area contributed by atoms with Gasteiger partial charge in [0.1, 0.15) is 11.5 Å². The molecule has 2 aromatic carbocycles. The van der Waals surface area contributed by atoms with Crippen molar-refractivity contribution in [1.29, 1.82) is 0 Å². The fourth-order valence-electron chi connectivity index (χ4n) is 3.13. The summed E-state index contributed by atoms with van der Waals surface area (Å²) < 4.78 is 5.49. The maximum Gasteiger partial charge on any atom is 0.274 e. The molecule has 0 spiro atoms. The number of hydrogen-bond acceptors (Lipinski definition) is 3. The molecule has 0 saturated heterocycles. The highest BCUT2D eigenvalue weighted by Crippen LogP contribution is 2.34. The van der Waals surface area contributed by atoms with Crippen LogP contribution >= 0.6 is 0 Å². The summed E-state index contributed by atoms with van der Waals surface area (Å²) in [5.41, 5.74) is 3.55.